The molecule has 21 heavy (non-hydrogen) atoms. The van der Waals surface area contributed by atoms with Gasteiger partial charge in [0.1, 0.15) is 0 Å². The van der Waals surface area contributed by atoms with Crippen LogP contribution < -0.4 is 0 Å². The number of aliphatic hydroxyl groups is 1. The predicted octanol–water partition coefficient (Wildman–Crippen LogP) is 5.75. The Morgan fingerprint density at radius 2 is 1.62 bits per heavy atom. The van der Waals surface area contributed by atoms with Gasteiger partial charge in [0.15, 0.2) is 0 Å². The molecule has 112 valence electrons. The summed E-state index contributed by atoms with van der Waals surface area (Å²) in [5.74, 6) is 0. The molecule has 0 saturated carbocycles. The van der Waals surface area contributed by atoms with Gasteiger partial charge in [0, 0.05) is 10.6 Å². The number of halogens is 2. The SMILES string of the molecule is CC(O)(c1cccc(-c2cccc(Cl)c2)c1Cl)[Si](C)(C)C. The molecule has 0 aliphatic heterocycles. The molecule has 0 fully saturated rings. The summed E-state index contributed by atoms with van der Waals surface area (Å²) in [6, 6.07) is 13.4. The van der Waals surface area contributed by atoms with Crippen molar-refractivity contribution in [1.29, 1.82) is 0 Å². The van der Waals surface area contributed by atoms with E-state index in [1.54, 1.807) is 0 Å². The van der Waals surface area contributed by atoms with Gasteiger partial charge in [-0.05, 0) is 30.2 Å². The summed E-state index contributed by atoms with van der Waals surface area (Å²) in [4.78, 5) is 0. The summed E-state index contributed by atoms with van der Waals surface area (Å²) in [7, 11) is -1.85. The second kappa shape index (κ2) is 5.77. The largest absolute Gasteiger partial charge is 0.389 e. The molecule has 2 aromatic rings. The van der Waals surface area contributed by atoms with Crippen molar-refractivity contribution in [2.45, 2.75) is 31.8 Å². The third-order valence-corrected chi connectivity index (χ3v) is 7.95. The van der Waals surface area contributed by atoms with Gasteiger partial charge in [-0.15, -0.1) is 0 Å². The molecule has 0 heterocycles. The van der Waals surface area contributed by atoms with Crippen LogP contribution in [0.3, 0.4) is 0 Å². The normalized spacial score (nSPS) is 14.8. The molecule has 0 amide bonds. The van der Waals surface area contributed by atoms with Gasteiger partial charge in [-0.2, -0.15) is 0 Å². The maximum Gasteiger partial charge on any atom is 0.0875 e. The molecule has 0 saturated heterocycles. The maximum atomic E-state index is 11.0. The van der Waals surface area contributed by atoms with Crippen LogP contribution >= 0.6 is 23.2 Å². The van der Waals surface area contributed by atoms with Crippen molar-refractivity contribution in [3.63, 3.8) is 0 Å². The van der Waals surface area contributed by atoms with Crippen LogP contribution in [0.1, 0.15) is 12.5 Å². The number of hydrogen-bond acceptors (Lipinski definition) is 1. The lowest BCUT2D eigenvalue weighted by Gasteiger charge is -2.37. The van der Waals surface area contributed by atoms with E-state index in [0.29, 0.717) is 10.0 Å². The first-order valence-electron chi connectivity index (χ1n) is 6.92. The molecule has 0 aliphatic carbocycles. The minimum atomic E-state index is -1.85. The molecule has 1 nitrogen and oxygen atoms in total. The first-order chi connectivity index (χ1) is 9.64. The predicted molar refractivity (Wildman–Crippen MR) is 94.8 cm³/mol. The fourth-order valence-electron chi connectivity index (χ4n) is 2.19. The topological polar surface area (TPSA) is 20.2 Å². The Kier molecular flexibility index (Phi) is 4.55. The fourth-order valence-corrected chi connectivity index (χ4v) is 3.90. The van der Waals surface area contributed by atoms with Crippen molar-refractivity contribution in [2.75, 3.05) is 0 Å². The van der Waals surface area contributed by atoms with Gasteiger partial charge in [0.2, 0.25) is 0 Å². The second-order valence-corrected chi connectivity index (χ2v) is 12.8. The van der Waals surface area contributed by atoms with E-state index in [0.717, 1.165) is 16.7 Å². The molecular weight excluding hydrogens is 319 g/mol. The highest BCUT2D eigenvalue weighted by Crippen LogP contribution is 2.40. The number of hydrogen-bond donors (Lipinski definition) is 1. The molecule has 0 radical (unpaired) electrons. The van der Waals surface area contributed by atoms with Gasteiger partial charge >= 0.3 is 0 Å². The molecule has 0 aromatic heterocycles. The van der Waals surface area contributed by atoms with E-state index < -0.39 is 13.3 Å². The molecule has 0 aliphatic rings. The van der Waals surface area contributed by atoms with Crippen molar-refractivity contribution in [1.82, 2.24) is 0 Å². The monoisotopic (exact) mass is 338 g/mol. The van der Waals surface area contributed by atoms with Crippen LogP contribution in [0.4, 0.5) is 0 Å². The molecule has 1 unspecified atom stereocenters. The zero-order chi connectivity index (χ0) is 15.8. The summed E-state index contributed by atoms with van der Waals surface area (Å²) >= 11 is 12.7. The van der Waals surface area contributed by atoms with Gasteiger partial charge in [0.25, 0.3) is 0 Å². The first kappa shape index (κ1) is 16.6. The molecular formula is C17H20Cl2OSi. The number of rotatable bonds is 3. The van der Waals surface area contributed by atoms with Crippen LogP contribution in [0.15, 0.2) is 42.5 Å². The van der Waals surface area contributed by atoms with Crippen molar-refractivity contribution >= 4 is 31.3 Å². The Labute approximate surface area is 137 Å². The van der Waals surface area contributed by atoms with Crippen LogP contribution in [0.5, 0.6) is 0 Å². The van der Waals surface area contributed by atoms with Crippen molar-refractivity contribution in [3.05, 3.63) is 58.1 Å². The molecule has 2 rings (SSSR count). The zero-order valence-electron chi connectivity index (χ0n) is 12.7. The third-order valence-electron chi connectivity index (χ3n) is 4.12. The molecule has 4 heteroatoms. The van der Waals surface area contributed by atoms with E-state index in [9.17, 15) is 5.11 Å². The van der Waals surface area contributed by atoms with Crippen LogP contribution in [0.25, 0.3) is 11.1 Å². The molecule has 1 atom stereocenters. The summed E-state index contributed by atoms with van der Waals surface area (Å²) in [6.45, 7) is 8.27. The average Bonchev–Trinajstić information content (AvgIpc) is 2.37. The molecule has 1 N–H and O–H groups in total. The fraction of sp³-hybridized carbons (Fsp3) is 0.294. The smallest absolute Gasteiger partial charge is 0.0875 e. The summed E-state index contributed by atoms with van der Waals surface area (Å²) in [5.41, 5.74) is 2.65. The molecule has 2 aromatic carbocycles. The van der Waals surface area contributed by atoms with Crippen LogP contribution in [-0.4, -0.2) is 13.2 Å². The minimum absolute atomic E-state index is 0.604. The van der Waals surface area contributed by atoms with Crippen molar-refractivity contribution < 1.29 is 5.11 Å². The van der Waals surface area contributed by atoms with Gasteiger partial charge in [-0.1, -0.05) is 73.2 Å². The van der Waals surface area contributed by atoms with E-state index in [1.807, 2.05) is 49.4 Å². The van der Waals surface area contributed by atoms with E-state index in [1.165, 1.54) is 0 Å². The highest BCUT2D eigenvalue weighted by Gasteiger charge is 2.40. The average molecular weight is 339 g/mol. The lowest BCUT2D eigenvalue weighted by Crippen LogP contribution is -2.47. The van der Waals surface area contributed by atoms with E-state index in [4.69, 9.17) is 23.2 Å². The third kappa shape index (κ3) is 3.19. The molecule has 0 bridgehead atoms. The first-order valence-corrected chi connectivity index (χ1v) is 11.2. The Morgan fingerprint density at radius 3 is 2.19 bits per heavy atom. The molecule has 0 spiro atoms. The second-order valence-electron chi connectivity index (χ2n) is 6.50. The Hall–Kier alpha value is -0.803. The van der Waals surface area contributed by atoms with E-state index >= 15 is 0 Å². The van der Waals surface area contributed by atoms with Crippen LogP contribution in [0.2, 0.25) is 29.7 Å². The van der Waals surface area contributed by atoms with E-state index in [-0.39, 0.29) is 0 Å². The summed E-state index contributed by atoms with van der Waals surface area (Å²) < 4.78 is 0. The van der Waals surface area contributed by atoms with E-state index in [2.05, 4.69) is 19.6 Å². The van der Waals surface area contributed by atoms with Crippen LogP contribution in [-0.2, 0) is 5.22 Å². The highest BCUT2D eigenvalue weighted by atomic mass is 35.5. The van der Waals surface area contributed by atoms with Gasteiger partial charge in [0.05, 0.1) is 18.3 Å². The van der Waals surface area contributed by atoms with Gasteiger partial charge in [-0.25, -0.2) is 0 Å². The quantitative estimate of drug-likeness (QED) is 0.707. The van der Waals surface area contributed by atoms with Crippen LogP contribution in [0, 0.1) is 0 Å². The zero-order valence-corrected chi connectivity index (χ0v) is 15.3. The summed E-state index contributed by atoms with van der Waals surface area (Å²) in [6.07, 6.45) is 0. The lowest BCUT2D eigenvalue weighted by molar-refractivity contribution is 0.136. The highest BCUT2D eigenvalue weighted by molar-refractivity contribution is 6.78. The summed E-state index contributed by atoms with van der Waals surface area (Å²) in [5, 5.41) is 11.4. The lowest BCUT2D eigenvalue weighted by atomic mass is 10.0. The minimum Gasteiger partial charge on any atom is -0.389 e. The van der Waals surface area contributed by atoms with Crippen molar-refractivity contribution in [2.24, 2.45) is 0 Å². The Bertz CT molecular complexity index is 660. The van der Waals surface area contributed by atoms with Gasteiger partial charge < -0.3 is 5.11 Å². The van der Waals surface area contributed by atoms with Gasteiger partial charge in [-0.3, -0.25) is 0 Å². The Morgan fingerprint density at radius 1 is 1.00 bits per heavy atom. The van der Waals surface area contributed by atoms with Crippen molar-refractivity contribution in [3.8, 4) is 11.1 Å². The Balaban J connectivity index is 2.61. The maximum absolute atomic E-state index is 11.0. The standard InChI is InChI=1S/C17H20Cl2OSi/c1-17(20,21(2,3)4)15-10-6-9-14(16(15)19)12-7-5-8-13(18)11-12/h5-11,20H,1-4H3. The number of benzene rings is 2.